The maximum absolute atomic E-state index is 12.4. The van der Waals surface area contributed by atoms with Gasteiger partial charge in [-0.2, -0.15) is 5.10 Å². The van der Waals surface area contributed by atoms with Gasteiger partial charge in [-0.15, -0.1) is 0 Å². The van der Waals surface area contributed by atoms with Crippen molar-refractivity contribution in [2.45, 2.75) is 27.3 Å². The van der Waals surface area contributed by atoms with Gasteiger partial charge in [-0.25, -0.2) is 0 Å². The van der Waals surface area contributed by atoms with Crippen LogP contribution >= 0.6 is 0 Å². The van der Waals surface area contributed by atoms with Crippen LogP contribution in [0.15, 0.2) is 48.5 Å². The van der Waals surface area contributed by atoms with E-state index in [0.29, 0.717) is 23.7 Å². The Bertz CT molecular complexity index is 1040. The van der Waals surface area contributed by atoms with Crippen LogP contribution in [0.2, 0.25) is 0 Å². The van der Waals surface area contributed by atoms with E-state index in [1.807, 2.05) is 18.5 Å². The average Bonchev–Trinajstić information content (AvgIpc) is 3.00. The van der Waals surface area contributed by atoms with E-state index >= 15 is 0 Å². The second kappa shape index (κ2) is 9.31. The summed E-state index contributed by atoms with van der Waals surface area (Å²) in [4.78, 5) is 12.4. The third-order valence-electron chi connectivity index (χ3n) is 4.91. The fourth-order valence-electron chi connectivity index (χ4n) is 3.19. The summed E-state index contributed by atoms with van der Waals surface area (Å²) in [5, 5.41) is 7.48. The third-order valence-corrected chi connectivity index (χ3v) is 4.91. The first kappa shape index (κ1) is 21.2. The summed E-state index contributed by atoms with van der Waals surface area (Å²) >= 11 is 0. The second-order valence-electron chi connectivity index (χ2n) is 7.15. The van der Waals surface area contributed by atoms with Gasteiger partial charge in [0.05, 0.1) is 26.5 Å². The van der Waals surface area contributed by atoms with Gasteiger partial charge in [-0.05, 0) is 32.4 Å². The molecule has 2 aromatic carbocycles. The quantitative estimate of drug-likeness (QED) is 0.587. The number of carbonyl (C=O) groups excluding carboxylic acids is 1. The van der Waals surface area contributed by atoms with Gasteiger partial charge in [-0.3, -0.25) is 9.48 Å². The molecule has 0 atom stereocenters. The number of nitrogens with zero attached hydrogens (tertiary/aromatic N) is 2. The highest BCUT2D eigenvalue weighted by Gasteiger charge is 2.10. The van der Waals surface area contributed by atoms with Crippen molar-refractivity contribution in [3.63, 3.8) is 0 Å². The summed E-state index contributed by atoms with van der Waals surface area (Å²) in [6.45, 7) is 6.72. The van der Waals surface area contributed by atoms with E-state index in [-0.39, 0.29) is 5.91 Å². The van der Waals surface area contributed by atoms with Crippen LogP contribution in [0, 0.1) is 20.8 Å². The lowest BCUT2D eigenvalue weighted by Gasteiger charge is -2.08. The van der Waals surface area contributed by atoms with Crippen molar-refractivity contribution >= 4 is 17.7 Å². The molecule has 1 aromatic heterocycles. The fourth-order valence-corrected chi connectivity index (χ4v) is 3.19. The molecule has 3 rings (SSSR count). The first-order chi connectivity index (χ1) is 14.4. The van der Waals surface area contributed by atoms with E-state index < -0.39 is 0 Å². The molecule has 30 heavy (non-hydrogen) atoms. The van der Waals surface area contributed by atoms with Crippen LogP contribution in [-0.4, -0.2) is 29.9 Å². The van der Waals surface area contributed by atoms with Crippen molar-refractivity contribution in [2.75, 3.05) is 19.5 Å². The first-order valence-corrected chi connectivity index (χ1v) is 9.71. The number of hydrogen-bond donors (Lipinski definition) is 1. The monoisotopic (exact) mass is 405 g/mol. The topological polar surface area (TPSA) is 65.4 Å². The Labute approximate surface area is 177 Å². The summed E-state index contributed by atoms with van der Waals surface area (Å²) < 4.78 is 12.4. The predicted octanol–water partition coefficient (Wildman–Crippen LogP) is 4.53. The third kappa shape index (κ3) is 5.08. The highest BCUT2D eigenvalue weighted by atomic mass is 16.5. The lowest BCUT2D eigenvalue weighted by atomic mass is 10.1. The number of amides is 1. The summed E-state index contributed by atoms with van der Waals surface area (Å²) in [5.74, 6) is 0.978. The van der Waals surface area contributed by atoms with E-state index in [1.165, 1.54) is 17.2 Å². The van der Waals surface area contributed by atoms with Crippen molar-refractivity contribution < 1.29 is 14.3 Å². The SMILES string of the molecule is COc1cc(NC(=O)/C=C/c2c(C)nn(Cc3ccc(C)cc3)c2C)cc(OC)c1. The molecule has 0 aliphatic carbocycles. The summed E-state index contributed by atoms with van der Waals surface area (Å²) in [5.41, 5.74) is 5.86. The summed E-state index contributed by atoms with van der Waals surface area (Å²) in [6, 6.07) is 13.6. The highest BCUT2D eigenvalue weighted by Crippen LogP contribution is 2.26. The fraction of sp³-hybridized carbons (Fsp3) is 0.250. The van der Waals surface area contributed by atoms with Gasteiger partial charge in [0, 0.05) is 41.2 Å². The number of ether oxygens (including phenoxy) is 2. The van der Waals surface area contributed by atoms with Crippen molar-refractivity contribution in [1.29, 1.82) is 0 Å². The molecule has 0 saturated heterocycles. The Morgan fingerprint density at radius 1 is 1.03 bits per heavy atom. The number of hydrogen-bond acceptors (Lipinski definition) is 4. The number of carbonyl (C=O) groups is 1. The van der Waals surface area contributed by atoms with Crippen LogP contribution < -0.4 is 14.8 Å². The van der Waals surface area contributed by atoms with Crippen LogP contribution in [0.4, 0.5) is 5.69 Å². The second-order valence-corrected chi connectivity index (χ2v) is 7.15. The summed E-state index contributed by atoms with van der Waals surface area (Å²) in [6.07, 6.45) is 3.31. The van der Waals surface area contributed by atoms with Crippen LogP contribution in [0.1, 0.15) is 28.1 Å². The van der Waals surface area contributed by atoms with Crippen molar-refractivity contribution in [1.82, 2.24) is 9.78 Å². The molecule has 1 N–H and O–H groups in total. The average molecular weight is 405 g/mol. The van der Waals surface area contributed by atoms with E-state index in [1.54, 1.807) is 38.5 Å². The molecular weight excluding hydrogens is 378 g/mol. The molecule has 156 valence electrons. The maximum atomic E-state index is 12.4. The minimum atomic E-state index is -0.240. The van der Waals surface area contributed by atoms with Crippen molar-refractivity contribution in [3.05, 3.63) is 76.6 Å². The summed E-state index contributed by atoms with van der Waals surface area (Å²) in [7, 11) is 3.14. The predicted molar refractivity (Wildman–Crippen MR) is 119 cm³/mol. The molecular formula is C24H27N3O3. The molecule has 0 spiro atoms. The van der Waals surface area contributed by atoms with Gasteiger partial charge in [-0.1, -0.05) is 29.8 Å². The zero-order valence-electron chi connectivity index (χ0n) is 18.0. The van der Waals surface area contributed by atoms with E-state index in [9.17, 15) is 4.79 Å². The zero-order valence-corrected chi connectivity index (χ0v) is 18.0. The van der Waals surface area contributed by atoms with Gasteiger partial charge in [0.15, 0.2) is 0 Å². The van der Waals surface area contributed by atoms with Crippen LogP contribution in [0.3, 0.4) is 0 Å². The van der Waals surface area contributed by atoms with Crippen LogP contribution in [0.25, 0.3) is 6.08 Å². The molecule has 0 aliphatic rings. The molecule has 6 heteroatoms. The van der Waals surface area contributed by atoms with Gasteiger partial charge in [0.2, 0.25) is 5.91 Å². The molecule has 3 aromatic rings. The lowest BCUT2D eigenvalue weighted by molar-refractivity contribution is -0.111. The molecule has 1 amide bonds. The van der Waals surface area contributed by atoms with Gasteiger partial charge in [0.1, 0.15) is 11.5 Å². The molecule has 0 aliphatic heterocycles. The molecule has 1 heterocycles. The molecule has 0 saturated carbocycles. The Hall–Kier alpha value is -3.54. The molecule has 0 bridgehead atoms. The van der Waals surface area contributed by atoms with Gasteiger partial charge in [0.25, 0.3) is 0 Å². The molecule has 0 radical (unpaired) electrons. The van der Waals surface area contributed by atoms with Crippen molar-refractivity contribution in [3.8, 4) is 11.5 Å². The number of nitrogens with one attached hydrogen (secondary N) is 1. The minimum Gasteiger partial charge on any atom is -0.497 e. The molecule has 0 unspecified atom stereocenters. The highest BCUT2D eigenvalue weighted by molar-refractivity contribution is 6.02. The number of aromatic nitrogens is 2. The maximum Gasteiger partial charge on any atom is 0.248 e. The van der Waals surface area contributed by atoms with Gasteiger partial charge >= 0.3 is 0 Å². The smallest absolute Gasteiger partial charge is 0.248 e. The van der Waals surface area contributed by atoms with Crippen molar-refractivity contribution in [2.24, 2.45) is 0 Å². The zero-order chi connectivity index (χ0) is 21.7. The Balaban J connectivity index is 1.73. The minimum absolute atomic E-state index is 0.240. The first-order valence-electron chi connectivity index (χ1n) is 9.71. The lowest BCUT2D eigenvalue weighted by Crippen LogP contribution is -2.08. The van der Waals surface area contributed by atoms with E-state index in [4.69, 9.17) is 9.47 Å². The van der Waals surface area contributed by atoms with Gasteiger partial charge < -0.3 is 14.8 Å². The number of methoxy groups -OCH3 is 2. The number of benzene rings is 2. The number of rotatable bonds is 7. The van der Waals surface area contributed by atoms with Crippen LogP contribution in [-0.2, 0) is 11.3 Å². The Morgan fingerprint density at radius 2 is 1.67 bits per heavy atom. The molecule has 6 nitrogen and oxygen atoms in total. The van der Waals surface area contributed by atoms with Crippen LogP contribution in [0.5, 0.6) is 11.5 Å². The Kier molecular flexibility index (Phi) is 6.57. The van der Waals surface area contributed by atoms with E-state index in [0.717, 1.165) is 17.0 Å². The standard InChI is InChI=1S/C24H27N3O3/c1-16-6-8-19(9-7-16)15-27-18(3)23(17(2)26-27)10-11-24(28)25-20-12-21(29-4)14-22(13-20)30-5/h6-14H,15H2,1-5H3,(H,25,28)/b11-10+. The normalized spacial score (nSPS) is 11.0. The number of anilines is 1. The number of aryl methyl sites for hydroxylation is 2. The molecule has 0 fully saturated rings. The van der Waals surface area contributed by atoms with E-state index in [2.05, 4.69) is 41.6 Å². The largest absolute Gasteiger partial charge is 0.497 e. The Morgan fingerprint density at radius 3 is 2.27 bits per heavy atom.